The summed E-state index contributed by atoms with van der Waals surface area (Å²) in [6.07, 6.45) is 14.8. The highest BCUT2D eigenvalue weighted by Crippen LogP contribution is 2.52. The Kier molecular flexibility index (Phi) is 29.1. The van der Waals surface area contributed by atoms with Gasteiger partial charge in [0.1, 0.15) is 27.1 Å². The molecule has 5 aliphatic heterocycles. The SMILES string of the molecule is C=C1C=C(C)Oc2c1cccc2[C@@H]1C(C(C)=O)=C(C)NC(C)=C1C(=O)OCC.CC1(C)OC(=S)Cc2ccc(NS(=O)(=O)c3cccs3)cc21.COc1cc(C#N)ccc1[C@@H]1C(C(N)=O)=C(C)Nc2c(C)cnc(OC)c21.Cc1ccccc1CCc1ccnc(CC(N)=O)c1.[C-]#[N+]c1ccc(N2N=C3c4ccc(C(=O)O)cc4CC[C@@H]3[C@@H]2C2CCCC2)cc1Cl. The summed E-state index contributed by atoms with van der Waals surface area (Å²) in [5.74, 6) is -0.327. The van der Waals surface area contributed by atoms with Crippen molar-refractivity contribution < 1.29 is 61.2 Å². The van der Waals surface area contributed by atoms with Crippen molar-refractivity contribution in [2.24, 2.45) is 28.4 Å². The van der Waals surface area contributed by atoms with Crippen molar-refractivity contribution in [3.63, 3.8) is 0 Å². The van der Waals surface area contributed by atoms with Gasteiger partial charge in [0.2, 0.25) is 23.4 Å². The number of nitrogens with one attached hydrogen (secondary N) is 3. The Morgan fingerprint density at radius 2 is 1.56 bits per heavy atom. The summed E-state index contributed by atoms with van der Waals surface area (Å²) in [7, 11) is -0.493. The molecule has 28 heteroatoms. The highest BCUT2D eigenvalue weighted by Gasteiger charge is 2.47. The fourth-order valence-corrected chi connectivity index (χ4v) is 20.1. The number of hydrogen-bond donors (Lipinski definition) is 6. The molecule has 9 aromatic rings. The third-order valence-corrected chi connectivity index (χ3v) is 26.5. The molecule has 6 aromatic carbocycles. The number of primary amides is 2. The first-order chi connectivity index (χ1) is 60.2. The number of thiophene rings is 1. The van der Waals surface area contributed by atoms with Gasteiger partial charge >= 0.3 is 11.9 Å². The van der Waals surface area contributed by atoms with Gasteiger partial charge in [0.25, 0.3) is 10.0 Å². The number of ether oxygens (including phenoxy) is 5. The van der Waals surface area contributed by atoms with Crippen molar-refractivity contribution in [2.75, 3.05) is 35.9 Å². The van der Waals surface area contributed by atoms with Crippen LogP contribution < -0.4 is 46.0 Å². The van der Waals surface area contributed by atoms with Crippen LogP contribution in [0.1, 0.15) is 188 Å². The van der Waals surface area contributed by atoms with E-state index < -0.39 is 45.3 Å². The van der Waals surface area contributed by atoms with E-state index in [1.165, 1.54) is 74.9 Å². The van der Waals surface area contributed by atoms with Gasteiger partial charge in [-0.3, -0.25) is 29.1 Å². The summed E-state index contributed by atoms with van der Waals surface area (Å²) in [6.45, 7) is 30.1. The largest absolute Gasteiger partial charge is 0.496 e. The number of hydrogen-bond acceptors (Lipinski definition) is 21. The second-order valence-electron chi connectivity index (χ2n) is 32.0. The van der Waals surface area contributed by atoms with E-state index in [0.29, 0.717) is 117 Å². The van der Waals surface area contributed by atoms with Crippen LogP contribution in [0.15, 0.2) is 219 Å². The third kappa shape index (κ3) is 20.5. The van der Waals surface area contributed by atoms with Crippen LogP contribution in [0.25, 0.3) is 10.4 Å². The normalized spacial score (nSPS) is 17.4. The first-order valence-electron chi connectivity index (χ1n) is 41.2. The third-order valence-electron chi connectivity index (χ3n) is 23.1. The molecule has 4 atom stereocenters. The summed E-state index contributed by atoms with van der Waals surface area (Å²) in [5, 5.41) is 34.9. The number of anilines is 3. The number of hydrazone groups is 1. The first-order valence-corrected chi connectivity index (χ1v) is 44.4. The van der Waals surface area contributed by atoms with Crippen LogP contribution in [0.5, 0.6) is 17.4 Å². The first kappa shape index (κ1) is 92.1. The Labute approximate surface area is 749 Å². The van der Waals surface area contributed by atoms with Crippen molar-refractivity contribution in [3.8, 4) is 23.4 Å². The van der Waals surface area contributed by atoms with Crippen LogP contribution in [0.3, 0.4) is 0 Å². The molecule has 0 bridgehead atoms. The number of esters is 1. The Morgan fingerprint density at radius 3 is 2.23 bits per heavy atom. The van der Waals surface area contributed by atoms with Gasteiger partial charge in [0.15, 0.2) is 10.8 Å². The fourth-order valence-electron chi connectivity index (χ4n) is 17.5. The lowest BCUT2D eigenvalue weighted by atomic mass is 9.75. The summed E-state index contributed by atoms with van der Waals surface area (Å²) < 4.78 is 55.6. The maximum absolute atomic E-state index is 12.8. The predicted molar refractivity (Wildman–Crippen MR) is 494 cm³/mol. The average Bonchev–Trinajstić information content (AvgIpc) is 1.09. The minimum absolute atomic E-state index is 0.108. The van der Waals surface area contributed by atoms with Crippen molar-refractivity contribution in [1.29, 1.82) is 5.26 Å². The molecule has 0 unspecified atom stereocenters. The van der Waals surface area contributed by atoms with Crippen molar-refractivity contribution in [3.05, 3.63) is 310 Å². The maximum atomic E-state index is 12.8. The topological polar surface area (TPSA) is 344 Å². The number of amides is 2. The molecule has 16 rings (SSSR count). The number of carbonyl (C=O) groups excluding carboxylic acids is 4. The number of nitrogens with zero attached hydrogens (tertiary/aromatic N) is 6. The molecule has 650 valence electrons. The number of para-hydroxylation sites is 1. The summed E-state index contributed by atoms with van der Waals surface area (Å²) >= 11 is 12.7. The van der Waals surface area contributed by atoms with Gasteiger partial charge in [-0.15, -0.1) is 11.3 Å². The second-order valence-corrected chi connectivity index (χ2v) is 35.7. The van der Waals surface area contributed by atoms with Gasteiger partial charge < -0.3 is 50.9 Å². The number of nitriles is 1. The van der Waals surface area contributed by atoms with E-state index in [4.69, 9.17) is 70.6 Å². The number of aromatic nitrogens is 2. The average molecular weight is 1770 g/mol. The zero-order valence-corrected chi connectivity index (χ0v) is 75.5. The molecule has 2 aliphatic carbocycles. The van der Waals surface area contributed by atoms with Crippen molar-refractivity contribution >= 4 is 114 Å². The number of aromatic carboxylic acids is 1. The number of Topliss-reactive ketones (excluding diaryl/α,β-unsaturated/α-hetero) is 1. The number of nitrogens with two attached hydrogens (primary N) is 2. The lowest BCUT2D eigenvalue weighted by Crippen LogP contribution is -2.40. The standard InChI is InChI=1S/C24H22ClN3O2.C23H25NO4.C20H20N4O3.C16H18N2O.C15H15NO3S3/c1-26-21-11-8-17(13-20(21)25)28-23(14-4-2-3-5-14)19-10-6-15-12-16(24(29)30)7-9-18(15)22(19)27-28;1-7-27-23(26)20-15(5)24-14(4)19(16(6)25)21(20)18-10-8-9-17-12(2)11-13(3)28-22(17)18;1-10-9-23-20(27-4)17-16(15(19(22)25)11(2)24-18(10)17)13-6-5-12(8-21)7-14(13)26-3;1-12-4-2-3-5-14(12)7-6-13-8-9-18-15(10-13)11-16(17)19;1-15(2)12-9-11(6-5-10(12)8-13(20)19-15)16-22(17,18)14-4-3-7-21-14/h7-9,11-14,19,23H,2-6,10H2,(H,29,30);8-11,21,24H,2,7H2,1,3-6H3;5-7,9,16,24H,1-4H3,(H2,22,25);2-5,8-10H,6-7,11H2,1H3,(H2,17,19);3-7,9,16H,8H2,1-2H3/t19-,23-;21-;16-;;/m011../s1. The van der Waals surface area contributed by atoms with Crippen LogP contribution in [0, 0.1) is 43.6 Å². The van der Waals surface area contributed by atoms with E-state index >= 15 is 0 Å². The summed E-state index contributed by atoms with van der Waals surface area (Å²) in [5.41, 5.74) is 31.9. The second kappa shape index (κ2) is 39.9. The Balaban J connectivity index is 0.000000144. The lowest BCUT2D eigenvalue weighted by Gasteiger charge is -2.34. The van der Waals surface area contributed by atoms with Gasteiger partial charge in [-0.25, -0.2) is 27.8 Å². The van der Waals surface area contributed by atoms with Gasteiger partial charge in [0.05, 0.1) is 97.1 Å². The summed E-state index contributed by atoms with van der Waals surface area (Å²) in [4.78, 5) is 72.0. The molecule has 126 heavy (non-hydrogen) atoms. The van der Waals surface area contributed by atoms with Crippen LogP contribution in [0.4, 0.5) is 22.7 Å². The molecule has 24 nitrogen and oxygen atoms in total. The Bertz CT molecular complexity index is 6210. The number of thiocarbonyl (C=S) groups is 1. The minimum atomic E-state index is -3.54. The van der Waals surface area contributed by atoms with Crippen molar-refractivity contribution in [1.82, 2.24) is 15.3 Å². The predicted octanol–water partition coefficient (Wildman–Crippen LogP) is 18.8. The van der Waals surface area contributed by atoms with Crippen LogP contribution in [-0.2, 0) is 76.4 Å². The molecule has 0 radical (unpaired) electrons. The van der Waals surface area contributed by atoms with E-state index in [-0.39, 0.29) is 30.8 Å². The number of carboxylic acids is 1. The van der Waals surface area contributed by atoms with E-state index in [1.807, 2.05) is 108 Å². The molecule has 0 saturated heterocycles. The quantitative estimate of drug-likeness (QED) is 0.0249. The molecule has 8 heterocycles. The Hall–Kier alpha value is -13.1. The minimum Gasteiger partial charge on any atom is -0.496 e. The number of benzene rings is 6. The smallest absolute Gasteiger partial charge is 0.336 e. The van der Waals surface area contributed by atoms with Crippen LogP contribution >= 0.6 is 35.2 Å². The monoisotopic (exact) mass is 1770 g/mol. The number of sulfonamides is 1. The number of dihydropyridines is 1. The number of rotatable bonds is 19. The number of allylic oxidation sites excluding steroid dienone is 7. The van der Waals surface area contributed by atoms with Gasteiger partial charge in [-0.05, 0) is 243 Å². The number of carbonyl (C=O) groups is 5. The molecule has 3 aromatic heterocycles. The van der Waals surface area contributed by atoms with E-state index in [1.54, 1.807) is 86.2 Å². The zero-order valence-electron chi connectivity index (χ0n) is 72.2. The number of methoxy groups -OCH3 is 2. The Morgan fingerprint density at radius 1 is 0.817 bits per heavy atom. The molecule has 2 amide bonds. The number of pyridine rings is 2. The number of ketones is 1. The maximum Gasteiger partial charge on any atom is 0.336 e. The molecule has 7 aliphatic rings. The summed E-state index contributed by atoms with van der Waals surface area (Å²) in [6, 6.07) is 45.3. The molecular formula is C98H100ClN11O13S3. The number of halogens is 1. The highest BCUT2D eigenvalue weighted by molar-refractivity contribution is 7.94. The fraction of sp³-hybridized carbons (Fsp3) is 0.296. The lowest BCUT2D eigenvalue weighted by molar-refractivity contribution is -0.139. The van der Waals surface area contributed by atoms with E-state index in [0.717, 1.165) is 98.7 Å². The van der Waals surface area contributed by atoms with Gasteiger partial charge in [-0.1, -0.05) is 104 Å². The van der Waals surface area contributed by atoms with Gasteiger partial charge in [0, 0.05) is 97.2 Å². The number of fused-ring (bicyclic) bond motifs is 6. The molecule has 8 N–H and O–H groups in total. The van der Waals surface area contributed by atoms with Crippen molar-refractivity contribution in [2.45, 2.75) is 161 Å². The van der Waals surface area contributed by atoms with E-state index in [2.05, 4.69) is 79.0 Å². The molecule has 1 saturated carbocycles. The highest BCUT2D eigenvalue weighted by atomic mass is 35.5. The van der Waals surface area contributed by atoms with E-state index in [9.17, 15) is 42.8 Å². The van der Waals surface area contributed by atoms with Gasteiger partial charge in [-0.2, -0.15) is 10.4 Å². The van der Waals surface area contributed by atoms with Crippen LogP contribution in [0.2, 0.25) is 5.02 Å². The zero-order chi connectivity index (χ0) is 90.8. The molecular weight excluding hydrogens is 1670 g/mol. The van der Waals surface area contributed by atoms with Crippen LogP contribution in [-0.4, -0.2) is 90.7 Å². The molecule has 0 spiro atoms. The number of carboxylic acid groups (broad SMARTS) is 1. The molecule has 1 fully saturated rings. The number of aryl methyl sites for hydroxylation is 5.